The van der Waals surface area contributed by atoms with Crippen molar-refractivity contribution in [3.8, 4) is 27.5 Å². The average Bonchev–Trinajstić information content (AvgIpc) is 3.34. The molecule has 0 saturated carbocycles. The molecule has 2 aromatic heterocycles. The van der Waals surface area contributed by atoms with Crippen molar-refractivity contribution >= 4 is 52.5 Å². The molecule has 0 unspecified atom stereocenters. The molecule has 0 aliphatic heterocycles. The van der Waals surface area contributed by atoms with Crippen LogP contribution in [0.1, 0.15) is 25.1 Å². The van der Waals surface area contributed by atoms with E-state index in [1.165, 1.54) is 5.56 Å². The zero-order valence-corrected chi connectivity index (χ0v) is 21.6. The highest BCUT2D eigenvalue weighted by molar-refractivity contribution is 8.01. The highest BCUT2D eigenvalue weighted by Crippen LogP contribution is 2.41. The van der Waals surface area contributed by atoms with Crippen molar-refractivity contribution in [3.63, 3.8) is 0 Å². The van der Waals surface area contributed by atoms with Crippen LogP contribution in [0.5, 0.6) is 0 Å². The molecule has 0 radical (unpaired) electrons. The first-order chi connectivity index (χ1) is 15.7. The zero-order valence-electron chi connectivity index (χ0n) is 18.4. The summed E-state index contributed by atoms with van der Waals surface area (Å²) in [5.41, 5.74) is 6.35. The van der Waals surface area contributed by atoms with E-state index in [1.54, 1.807) is 23.1 Å². The minimum Gasteiger partial charge on any atom is -0.217 e. The molecule has 2 heterocycles. The fraction of sp³-hybridized carbons (Fsp3) is 0.208. The van der Waals surface area contributed by atoms with Gasteiger partial charge in [0.1, 0.15) is 0 Å². The van der Waals surface area contributed by atoms with Crippen LogP contribution in [0, 0.1) is 13.8 Å². The third-order valence-corrected chi connectivity index (χ3v) is 7.57. The van der Waals surface area contributed by atoms with Crippen molar-refractivity contribution in [2.75, 3.05) is 0 Å². The van der Waals surface area contributed by atoms with E-state index in [0.29, 0.717) is 15.3 Å². The van der Waals surface area contributed by atoms with E-state index in [1.807, 2.05) is 29.8 Å². The Kier molecular flexibility index (Phi) is 8.51. The lowest BCUT2D eigenvalue weighted by atomic mass is 10.1. The molecule has 0 saturated heterocycles. The van der Waals surface area contributed by atoms with Crippen molar-refractivity contribution in [3.05, 3.63) is 70.0 Å². The lowest BCUT2D eigenvalue weighted by molar-refractivity contribution is -0.191. The van der Waals surface area contributed by atoms with Crippen LogP contribution < -0.4 is 0 Å². The summed E-state index contributed by atoms with van der Waals surface area (Å²) in [6.07, 6.45) is 2.31. The summed E-state index contributed by atoms with van der Waals surface area (Å²) in [5, 5.41) is 7.08. The molecule has 170 valence electrons. The lowest BCUT2D eigenvalue weighted by Crippen LogP contribution is -1.94. The van der Waals surface area contributed by atoms with Gasteiger partial charge in [0.15, 0.2) is 0 Å². The number of nitrogens with zero attached hydrogens (tertiary/aromatic N) is 3. The van der Waals surface area contributed by atoms with Gasteiger partial charge in [-0.15, -0.1) is 11.8 Å². The number of carbonyl (C=O) groups excluding carboxylic acids is 2. The van der Waals surface area contributed by atoms with Gasteiger partial charge in [-0.3, -0.25) is 0 Å². The van der Waals surface area contributed by atoms with Gasteiger partial charge in [-0.05, 0) is 31.5 Å². The van der Waals surface area contributed by atoms with Gasteiger partial charge in [0.05, 0.1) is 25.6 Å². The molecule has 0 spiro atoms. The summed E-state index contributed by atoms with van der Waals surface area (Å²) >= 11 is 15.8. The van der Waals surface area contributed by atoms with Gasteiger partial charge in [-0.25, -0.2) is 9.67 Å². The summed E-state index contributed by atoms with van der Waals surface area (Å²) < 4.78 is 3.02. The van der Waals surface area contributed by atoms with Gasteiger partial charge in [-0.2, -0.15) is 14.7 Å². The van der Waals surface area contributed by atoms with E-state index in [9.17, 15) is 0 Å². The minimum absolute atomic E-state index is 0.250. The van der Waals surface area contributed by atoms with Crippen LogP contribution in [-0.4, -0.2) is 26.2 Å². The lowest BCUT2D eigenvalue weighted by Gasteiger charge is -2.05. The standard InChI is InChI=1S/C23H21Cl2N3S2.CO2/c1-13(2)29-22-21(17-9-10-19(24)20(25)11-17)26-23(30-22)28-12-18(15(4)27-28)16-7-5-14(3)6-8-16;2-1-3/h5-13H,1-4H3;. The maximum Gasteiger partial charge on any atom is 0.373 e. The quantitative estimate of drug-likeness (QED) is 0.256. The molecule has 0 N–H and O–H groups in total. The van der Waals surface area contributed by atoms with Crippen LogP contribution >= 0.6 is 46.3 Å². The van der Waals surface area contributed by atoms with Crippen molar-refractivity contribution in [1.29, 1.82) is 0 Å². The molecule has 0 fully saturated rings. The molecular weight excluding hydrogens is 497 g/mol. The summed E-state index contributed by atoms with van der Waals surface area (Å²) in [6.45, 7) is 8.48. The van der Waals surface area contributed by atoms with E-state index in [0.717, 1.165) is 37.4 Å². The molecule has 0 amide bonds. The number of thiazole rings is 1. The smallest absolute Gasteiger partial charge is 0.217 e. The molecule has 0 aliphatic rings. The van der Waals surface area contributed by atoms with Crippen LogP contribution in [-0.2, 0) is 9.59 Å². The highest BCUT2D eigenvalue weighted by atomic mass is 35.5. The number of benzene rings is 2. The number of thioether (sulfide) groups is 1. The van der Waals surface area contributed by atoms with E-state index in [2.05, 4.69) is 51.2 Å². The molecule has 0 bridgehead atoms. The molecule has 5 nitrogen and oxygen atoms in total. The Balaban J connectivity index is 0.000000968. The van der Waals surface area contributed by atoms with Crippen molar-refractivity contribution in [2.24, 2.45) is 0 Å². The Bertz CT molecular complexity index is 1290. The summed E-state index contributed by atoms with van der Waals surface area (Å²) in [6, 6.07) is 14.2. The van der Waals surface area contributed by atoms with Gasteiger partial charge in [-0.1, -0.05) is 84.3 Å². The topological polar surface area (TPSA) is 64.8 Å². The molecule has 33 heavy (non-hydrogen) atoms. The van der Waals surface area contributed by atoms with Crippen LogP contribution in [0.3, 0.4) is 0 Å². The van der Waals surface area contributed by atoms with Crippen LogP contribution in [0.15, 0.2) is 52.9 Å². The monoisotopic (exact) mass is 517 g/mol. The number of aromatic nitrogens is 3. The summed E-state index contributed by atoms with van der Waals surface area (Å²) in [5.74, 6) is 0. The molecule has 0 aliphatic carbocycles. The van der Waals surface area contributed by atoms with Crippen molar-refractivity contribution in [1.82, 2.24) is 14.8 Å². The second kappa shape index (κ2) is 11.1. The first kappa shape index (κ1) is 25.2. The highest BCUT2D eigenvalue weighted by Gasteiger charge is 2.19. The number of hydrogen-bond acceptors (Lipinski definition) is 6. The van der Waals surface area contributed by atoms with Crippen LogP contribution in [0.25, 0.3) is 27.5 Å². The second-order valence-electron chi connectivity index (χ2n) is 7.45. The predicted molar refractivity (Wildman–Crippen MR) is 136 cm³/mol. The minimum atomic E-state index is 0.250. The Morgan fingerprint density at radius 3 is 2.24 bits per heavy atom. The SMILES string of the molecule is Cc1ccc(-c2cn(-c3nc(-c4ccc(Cl)c(Cl)c4)c(SC(C)C)s3)nc2C)cc1.O=C=O. The normalized spacial score (nSPS) is 10.6. The maximum absolute atomic E-state index is 8.12. The Labute approximate surface area is 210 Å². The molecule has 9 heteroatoms. The van der Waals surface area contributed by atoms with Gasteiger partial charge < -0.3 is 0 Å². The second-order valence-corrected chi connectivity index (χ2v) is 11.1. The number of hydrogen-bond donors (Lipinski definition) is 0. The molecule has 0 atom stereocenters. The largest absolute Gasteiger partial charge is 0.373 e. The number of aryl methyl sites for hydroxylation is 2. The fourth-order valence-corrected chi connectivity index (χ4v) is 5.83. The van der Waals surface area contributed by atoms with Crippen LogP contribution in [0.4, 0.5) is 0 Å². The van der Waals surface area contributed by atoms with Gasteiger partial charge in [0, 0.05) is 22.6 Å². The summed E-state index contributed by atoms with van der Waals surface area (Å²) in [7, 11) is 0. The average molecular weight is 518 g/mol. The maximum atomic E-state index is 8.12. The van der Waals surface area contributed by atoms with Gasteiger partial charge in [0.2, 0.25) is 5.13 Å². The van der Waals surface area contributed by atoms with E-state index in [-0.39, 0.29) is 6.15 Å². The van der Waals surface area contributed by atoms with E-state index in [4.69, 9.17) is 42.9 Å². The molecule has 4 rings (SSSR count). The molecule has 2 aromatic carbocycles. The fourth-order valence-electron chi connectivity index (χ4n) is 3.09. The van der Waals surface area contributed by atoms with E-state index < -0.39 is 0 Å². The summed E-state index contributed by atoms with van der Waals surface area (Å²) in [4.78, 5) is 21.2. The van der Waals surface area contributed by atoms with Crippen molar-refractivity contribution < 1.29 is 9.59 Å². The van der Waals surface area contributed by atoms with Crippen molar-refractivity contribution in [2.45, 2.75) is 37.2 Å². The third kappa shape index (κ3) is 6.14. The van der Waals surface area contributed by atoms with Gasteiger partial charge >= 0.3 is 6.15 Å². The van der Waals surface area contributed by atoms with E-state index >= 15 is 0 Å². The third-order valence-electron chi connectivity index (χ3n) is 4.58. The first-order valence-electron chi connectivity index (χ1n) is 9.99. The predicted octanol–water partition coefficient (Wildman–Crippen LogP) is 7.50. The molecule has 4 aromatic rings. The zero-order chi connectivity index (χ0) is 24.1. The Hall–Kier alpha value is -2.41. The Morgan fingerprint density at radius 2 is 1.64 bits per heavy atom. The number of halogens is 2. The molecular formula is C24H21Cl2N3O2S2. The first-order valence-corrected chi connectivity index (χ1v) is 12.4. The van der Waals surface area contributed by atoms with Gasteiger partial charge in [0.25, 0.3) is 0 Å². The van der Waals surface area contributed by atoms with Crippen LogP contribution in [0.2, 0.25) is 10.0 Å². The number of rotatable bonds is 5. The Morgan fingerprint density at radius 1 is 1.00 bits per heavy atom.